The van der Waals surface area contributed by atoms with E-state index in [0.717, 1.165) is 25.7 Å². The molecule has 1 nitrogen and oxygen atoms in total. The van der Waals surface area contributed by atoms with E-state index in [-0.39, 0.29) is 11.2 Å². The third kappa shape index (κ3) is 2.51. The predicted octanol–water partition coefficient (Wildman–Crippen LogP) is 2.90. The topological polar surface area (TPSA) is 17.1 Å². The van der Waals surface area contributed by atoms with Crippen LogP contribution in [0.3, 0.4) is 0 Å². The lowest BCUT2D eigenvalue weighted by Crippen LogP contribution is -2.18. The quantitative estimate of drug-likeness (QED) is 0.477. The van der Waals surface area contributed by atoms with Crippen molar-refractivity contribution in [3.63, 3.8) is 0 Å². The maximum Gasteiger partial charge on any atom is 0.224 e. The van der Waals surface area contributed by atoms with Crippen LogP contribution in [0.5, 0.6) is 0 Å². The monoisotopic (exact) mass is 184 g/mol. The molecule has 0 aromatic carbocycles. The van der Waals surface area contributed by atoms with Crippen molar-refractivity contribution in [2.45, 2.75) is 25.7 Å². The molecule has 0 amide bonds. The summed E-state index contributed by atoms with van der Waals surface area (Å²) in [6, 6.07) is 0. The summed E-state index contributed by atoms with van der Waals surface area (Å²) in [5.41, 5.74) is 2.77. The number of allylic oxidation sites excluding steroid dienone is 1. The Morgan fingerprint density at radius 3 is 2.92 bits per heavy atom. The Morgan fingerprint density at radius 1 is 1.58 bits per heavy atom. The summed E-state index contributed by atoms with van der Waals surface area (Å²) in [6.45, 7) is 3.53. The molecular formula is C10H13ClO. The van der Waals surface area contributed by atoms with Crippen LogP contribution in [0.4, 0.5) is 0 Å². The molecule has 2 unspecified atom stereocenters. The second-order valence-corrected chi connectivity index (χ2v) is 3.67. The molecule has 1 aliphatic carbocycles. The first kappa shape index (κ1) is 9.57. The lowest BCUT2D eigenvalue weighted by Gasteiger charge is -2.23. The van der Waals surface area contributed by atoms with E-state index >= 15 is 0 Å². The molecule has 1 aliphatic rings. The highest BCUT2D eigenvalue weighted by Gasteiger charge is 2.24. The molecule has 1 saturated carbocycles. The van der Waals surface area contributed by atoms with Gasteiger partial charge >= 0.3 is 0 Å². The average molecular weight is 185 g/mol. The zero-order valence-corrected chi connectivity index (χ0v) is 7.81. The molecule has 2 heteroatoms. The normalized spacial score (nSPS) is 29.1. The van der Waals surface area contributed by atoms with Crippen molar-refractivity contribution in [2.75, 3.05) is 0 Å². The third-order valence-corrected chi connectivity index (χ3v) is 2.70. The molecule has 66 valence electrons. The second-order valence-electron chi connectivity index (χ2n) is 3.30. The molecule has 0 N–H and O–H groups in total. The fraction of sp³-hybridized carbons (Fsp3) is 0.600. The van der Waals surface area contributed by atoms with Crippen molar-refractivity contribution in [1.29, 1.82) is 0 Å². The Morgan fingerprint density at radius 2 is 2.33 bits per heavy atom. The molecule has 0 aromatic heterocycles. The van der Waals surface area contributed by atoms with Gasteiger partial charge in [0, 0.05) is 5.92 Å². The molecule has 0 bridgehead atoms. The lowest BCUT2D eigenvalue weighted by atomic mass is 9.82. The molecule has 0 heterocycles. The minimum atomic E-state index is -0.183. The van der Waals surface area contributed by atoms with Gasteiger partial charge in [0.2, 0.25) is 5.24 Å². The van der Waals surface area contributed by atoms with Crippen molar-refractivity contribution < 1.29 is 4.79 Å². The van der Waals surface area contributed by atoms with E-state index in [2.05, 4.69) is 12.3 Å². The summed E-state index contributed by atoms with van der Waals surface area (Å²) in [5.74, 6) is 0.527. The van der Waals surface area contributed by atoms with E-state index in [9.17, 15) is 4.79 Å². The van der Waals surface area contributed by atoms with E-state index in [1.54, 1.807) is 0 Å². The number of hydrogen-bond acceptors (Lipinski definition) is 1. The van der Waals surface area contributed by atoms with Gasteiger partial charge in [-0.2, -0.15) is 0 Å². The van der Waals surface area contributed by atoms with Crippen molar-refractivity contribution in [3.8, 4) is 0 Å². The number of rotatable bonds is 2. The summed E-state index contributed by atoms with van der Waals surface area (Å²) in [5, 5.41) is -0.183. The number of carbonyl (C=O) groups excluding carboxylic acids is 1. The van der Waals surface area contributed by atoms with Crippen LogP contribution < -0.4 is 0 Å². The summed E-state index contributed by atoms with van der Waals surface area (Å²) < 4.78 is 0. The number of halogens is 1. The zero-order chi connectivity index (χ0) is 8.97. The van der Waals surface area contributed by atoms with Gasteiger partial charge in [-0.05, 0) is 42.9 Å². The van der Waals surface area contributed by atoms with Crippen molar-refractivity contribution in [2.24, 2.45) is 11.8 Å². The fourth-order valence-electron chi connectivity index (χ4n) is 1.75. The summed E-state index contributed by atoms with van der Waals surface area (Å²) in [6.07, 6.45) is 6.01. The van der Waals surface area contributed by atoms with Gasteiger partial charge in [0.15, 0.2) is 0 Å². The summed E-state index contributed by atoms with van der Waals surface area (Å²) in [7, 11) is 0. The van der Waals surface area contributed by atoms with E-state index in [1.807, 2.05) is 6.08 Å². The molecule has 1 rings (SSSR count). The van der Waals surface area contributed by atoms with Gasteiger partial charge in [0.25, 0.3) is 0 Å². The van der Waals surface area contributed by atoms with Crippen molar-refractivity contribution in [3.05, 3.63) is 18.4 Å². The summed E-state index contributed by atoms with van der Waals surface area (Å²) in [4.78, 5) is 10.9. The molecule has 0 radical (unpaired) electrons. The van der Waals surface area contributed by atoms with Crippen LogP contribution in [-0.4, -0.2) is 5.24 Å². The van der Waals surface area contributed by atoms with Gasteiger partial charge in [-0.1, -0.05) is 13.0 Å². The zero-order valence-electron chi connectivity index (χ0n) is 7.05. The molecule has 0 aliphatic heterocycles. The smallest absolute Gasteiger partial charge is 0.224 e. The maximum atomic E-state index is 10.9. The van der Waals surface area contributed by atoms with Gasteiger partial charge in [0.05, 0.1) is 0 Å². The molecule has 0 aromatic rings. The van der Waals surface area contributed by atoms with Gasteiger partial charge in [0.1, 0.15) is 0 Å². The Hall–Kier alpha value is -0.520. The first-order chi connectivity index (χ1) is 5.74. The highest BCUT2D eigenvalue weighted by atomic mass is 35.5. The van der Waals surface area contributed by atoms with Crippen LogP contribution in [0, 0.1) is 11.8 Å². The predicted molar refractivity (Wildman–Crippen MR) is 50.0 cm³/mol. The molecule has 12 heavy (non-hydrogen) atoms. The fourth-order valence-corrected chi connectivity index (χ4v) is 1.95. The van der Waals surface area contributed by atoms with Crippen molar-refractivity contribution in [1.82, 2.24) is 0 Å². The second kappa shape index (κ2) is 4.49. The van der Waals surface area contributed by atoms with Gasteiger partial charge in [-0.15, -0.1) is 5.73 Å². The molecule has 1 fully saturated rings. The number of carbonyl (C=O) groups is 1. The minimum absolute atomic E-state index is 0.0648. The third-order valence-electron chi connectivity index (χ3n) is 2.39. The first-order valence-electron chi connectivity index (χ1n) is 4.29. The molecule has 2 atom stereocenters. The Labute approximate surface area is 78.1 Å². The van der Waals surface area contributed by atoms with E-state index in [0.29, 0.717) is 5.92 Å². The first-order valence-corrected chi connectivity index (χ1v) is 4.67. The average Bonchev–Trinajstić information content (AvgIpc) is 2.05. The lowest BCUT2D eigenvalue weighted by molar-refractivity contribution is -0.116. The molecule has 0 saturated heterocycles. The Bertz CT molecular complexity index is 208. The highest BCUT2D eigenvalue weighted by molar-refractivity contribution is 6.63. The van der Waals surface area contributed by atoms with Crippen molar-refractivity contribution >= 4 is 16.8 Å². The molecule has 0 spiro atoms. The SMILES string of the molecule is C=C=CC1CCCC(C(=O)Cl)C1. The van der Waals surface area contributed by atoms with Crippen LogP contribution in [0.25, 0.3) is 0 Å². The highest BCUT2D eigenvalue weighted by Crippen LogP contribution is 2.30. The van der Waals surface area contributed by atoms with Crippen LogP contribution in [0.2, 0.25) is 0 Å². The van der Waals surface area contributed by atoms with E-state index in [4.69, 9.17) is 11.6 Å². The Balaban J connectivity index is 2.51. The standard InChI is InChI=1S/C10H13ClO/c1-2-4-8-5-3-6-9(7-8)10(11)12/h4,8-9H,1,3,5-7H2. The largest absolute Gasteiger partial charge is 0.281 e. The maximum absolute atomic E-state index is 10.9. The summed E-state index contributed by atoms with van der Waals surface area (Å²) >= 11 is 5.43. The van der Waals surface area contributed by atoms with Crippen LogP contribution in [0.15, 0.2) is 18.4 Å². The number of hydrogen-bond donors (Lipinski definition) is 0. The van der Waals surface area contributed by atoms with Gasteiger partial charge in [-0.3, -0.25) is 4.79 Å². The van der Waals surface area contributed by atoms with Crippen LogP contribution >= 0.6 is 11.6 Å². The van der Waals surface area contributed by atoms with Gasteiger partial charge in [-0.25, -0.2) is 0 Å². The minimum Gasteiger partial charge on any atom is -0.281 e. The van der Waals surface area contributed by atoms with Gasteiger partial charge < -0.3 is 0 Å². The molecular weight excluding hydrogens is 172 g/mol. The van der Waals surface area contributed by atoms with Crippen LogP contribution in [-0.2, 0) is 4.79 Å². The van der Waals surface area contributed by atoms with E-state index < -0.39 is 0 Å². The van der Waals surface area contributed by atoms with E-state index in [1.165, 1.54) is 0 Å². The van der Waals surface area contributed by atoms with Crippen LogP contribution in [0.1, 0.15) is 25.7 Å². The Kier molecular flexibility index (Phi) is 3.58.